The molecule has 31 heavy (non-hydrogen) atoms. The Hall–Kier alpha value is -4.14. The lowest BCUT2D eigenvalue weighted by atomic mass is 10.0. The SMILES string of the molecule is Cc1ccc(-c2ccc(=O)n(Cc3noc(C(=O)NCc4cccnc4)n3)n2)cc1C. The number of hydrogen-bond donors (Lipinski definition) is 1. The number of carbonyl (C=O) groups is 1. The van der Waals surface area contributed by atoms with Gasteiger partial charge in [-0.15, -0.1) is 0 Å². The van der Waals surface area contributed by atoms with Crippen LogP contribution < -0.4 is 10.9 Å². The Kier molecular flexibility index (Phi) is 5.65. The summed E-state index contributed by atoms with van der Waals surface area (Å²) in [4.78, 5) is 32.6. The molecule has 0 fully saturated rings. The third-order valence-electron chi connectivity index (χ3n) is 4.80. The van der Waals surface area contributed by atoms with Gasteiger partial charge >= 0.3 is 11.8 Å². The minimum Gasteiger partial charge on any atom is -0.344 e. The van der Waals surface area contributed by atoms with Crippen LogP contribution in [0.25, 0.3) is 11.3 Å². The van der Waals surface area contributed by atoms with Crippen molar-refractivity contribution in [3.05, 3.63) is 93.6 Å². The van der Waals surface area contributed by atoms with Gasteiger partial charge in [0.1, 0.15) is 6.54 Å². The fraction of sp³-hybridized carbons (Fsp3) is 0.182. The van der Waals surface area contributed by atoms with Crippen molar-refractivity contribution in [1.82, 2.24) is 30.2 Å². The molecule has 0 saturated heterocycles. The van der Waals surface area contributed by atoms with E-state index in [0.717, 1.165) is 16.7 Å². The van der Waals surface area contributed by atoms with E-state index < -0.39 is 5.91 Å². The molecule has 1 amide bonds. The first-order valence-corrected chi connectivity index (χ1v) is 9.65. The number of hydrogen-bond acceptors (Lipinski definition) is 7. The number of pyridine rings is 1. The molecule has 1 aromatic carbocycles. The van der Waals surface area contributed by atoms with Crippen LogP contribution >= 0.6 is 0 Å². The summed E-state index contributed by atoms with van der Waals surface area (Å²) in [5, 5.41) is 10.9. The molecule has 1 N–H and O–H groups in total. The van der Waals surface area contributed by atoms with Gasteiger partial charge in [0, 0.05) is 30.6 Å². The van der Waals surface area contributed by atoms with Gasteiger partial charge in [0.25, 0.3) is 5.56 Å². The second-order valence-corrected chi connectivity index (χ2v) is 7.07. The number of aryl methyl sites for hydroxylation is 2. The normalized spacial score (nSPS) is 10.8. The van der Waals surface area contributed by atoms with Crippen molar-refractivity contribution in [1.29, 1.82) is 0 Å². The van der Waals surface area contributed by atoms with Crippen LogP contribution in [0.5, 0.6) is 0 Å². The van der Waals surface area contributed by atoms with E-state index in [1.165, 1.54) is 16.3 Å². The van der Waals surface area contributed by atoms with Crippen molar-refractivity contribution in [2.75, 3.05) is 0 Å². The van der Waals surface area contributed by atoms with Gasteiger partial charge in [0.05, 0.1) is 5.69 Å². The molecule has 0 unspecified atom stereocenters. The van der Waals surface area contributed by atoms with Crippen LogP contribution in [0.4, 0.5) is 0 Å². The second kappa shape index (κ2) is 8.70. The van der Waals surface area contributed by atoms with E-state index >= 15 is 0 Å². The van der Waals surface area contributed by atoms with Crippen LogP contribution in [0.2, 0.25) is 0 Å². The van der Waals surface area contributed by atoms with E-state index in [9.17, 15) is 9.59 Å². The zero-order chi connectivity index (χ0) is 21.8. The van der Waals surface area contributed by atoms with E-state index in [1.54, 1.807) is 24.5 Å². The summed E-state index contributed by atoms with van der Waals surface area (Å²) in [6, 6.07) is 12.7. The van der Waals surface area contributed by atoms with E-state index in [-0.39, 0.29) is 30.4 Å². The van der Waals surface area contributed by atoms with Crippen molar-refractivity contribution < 1.29 is 9.32 Å². The molecular weight excluding hydrogens is 396 g/mol. The zero-order valence-corrected chi connectivity index (χ0v) is 17.1. The number of benzene rings is 1. The first kappa shape index (κ1) is 20.1. The van der Waals surface area contributed by atoms with Crippen LogP contribution in [0.15, 0.2) is 64.2 Å². The highest BCUT2D eigenvalue weighted by Gasteiger charge is 2.16. The average Bonchev–Trinajstić information content (AvgIpc) is 3.25. The van der Waals surface area contributed by atoms with Gasteiger partial charge < -0.3 is 9.84 Å². The summed E-state index contributed by atoms with van der Waals surface area (Å²) in [7, 11) is 0. The van der Waals surface area contributed by atoms with Gasteiger partial charge in [0.2, 0.25) is 0 Å². The lowest BCUT2D eigenvalue weighted by molar-refractivity contribution is 0.0907. The van der Waals surface area contributed by atoms with Crippen LogP contribution in [-0.2, 0) is 13.1 Å². The maximum Gasteiger partial charge on any atom is 0.316 e. The van der Waals surface area contributed by atoms with E-state index in [1.807, 2.05) is 38.1 Å². The van der Waals surface area contributed by atoms with Gasteiger partial charge in [-0.3, -0.25) is 14.6 Å². The highest BCUT2D eigenvalue weighted by molar-refractivity contribution is 5.89. The summed E-state index contributed by atoms with van der Waals surface area (Å²) in [6.07, 6.45) is 3.31. The standard InChI is InChI=1S/C22H20N6O3/c1-14-5-6-17(10-15(14)2)18-7-8-20(29)28(26-18)13-19-25-22(31-27-19)21(30)24-12-16-4-3-9-23-11-16/h3-11H,12-13H2,1-2H3,(H,24,30). The molecule has 0 radical (unpaired) electrons. The molecule has 0 aliphatic rings. The van der Waals surface area contributed by atoms with Gasteiger partial charge in [-0.2, -0.15) is 10.1 Å². The zero-order valence-electron chi connectivity index (χ0n) is 17.1. The summed E-state index contributed by atoms with van der Waals surface area (Å²) in [5.74, 6) is -0.512. The summed E-state index contributed by atoms with van der Waals surface area (Å²) >= 11 is 0. The maximum atomic E-state index is 12.3. The molecular formula is C22H20N6O3. The fourth-order valence-electron chi connectivity index (χ4n) is 2.92. The molecule has 0 aliphatic heterocycles. The second-order valence-electron chi connectivity index (χ2n) is 7.07. The Morgan fingerprint density at radius 2 is 2.00 bits per heavy atom. The molecule has 0 saturated carbocycles. The number of amides is 1. The molecule has 4 aromatic rings. The van der Waals surface area contributed by atoms with E-state index in [0.29, 0.717) is 5.69 Å². The molecule has 3 heterocycles. The molecule has 0 spiro atoms. The molecule has 9 nitrogen and oxygen atoms in total. The number of aromatic nitrogens is 5. The lowest BCUT2D eigenvalue weighted by Gasteiger charge is -2.07. The molecule has 4 rings (SSSR count). The predicted octanol–water partition coefficient (Wildman–Crippen LogP) is 2.28. The topological polar surface area (TPSA) is 116 Å². The predicted molar refractivity (Wildman–Crippen MR) is 112 cm³/mol. The van der Waals surface area contributed by atoms with Crippen molar-refractivity contribution in [2.24, 2.45) is 0 Å². The molecule has 0 aliphatic carbocycles. The smallest absolute Gasteiger partial charge is 0.316 e. The molecule has 156 valence electrons. The summed E-state index contributed by atoms with van der Waals surface area (Å²) in [6.45, 7) is 4.32. The van der Waals surface area contributed by atoms with Gasteiger partial charge in [-0.25, -0.2) is 4.68 Å². The quantitative estimate of drug-likeness (QED) is 0.513. The Bertz CT molecular complexity index is 1280. The van der Waals surface area contributed by atoms with Gasteiger partial charge in [-0.05, 0) is 48.7 Å². The first-order chi connectivity index (χ1) is 15.0. The number of carbonyl (C=O) groups excluding carboxylic acids is 1. The van der Waals surface area contributed by atoms with Crippen LogP contribution in [0.1, 0.15) is 33.2 Å². The average molecular weight is 416 g/mol. The maximum absolute atomic E-state index is 12.3. The molecule has 0 atom stereocenters. The van der Waals surface area contributed by atoms with E-state index in [4.69, 9.17) is 4.52 Å². The minimum atomic E-state index is -0.508. The monoisotopic (exact) mass is 416 g/mol. The van der Waals surface area contributed by atoms with Gasteiger partial charge in [-0.1, -0.05) is 23.4 Å². The Labute approximate surface area is 177 Å². The summed E-state index contributed by atoms with van der Waals surface area (Å²) < 4.78 is 6.28. The highest BCUT2D eigenvalue weighted by atomic mass is 16.5. The number of nitrogens with one attached hydrogen (secondary N) is 1. The Morgan fingerprint density at radius 1 is 1.13 bits per heavy atom. The van der Waals surface area contributed by atoms with Crippen LogP contribution in [0.3, 0.4) is 0 Å². The van der Waals surface area contributed by atoms with Gasteiger partial charge in [0.15, 0.2) is 5.82 Å². The largest absolute Gasteiger partial charge is 0.344 e. The van der Waals surface area contributed by atoms with Crippen molar-refractivity contribution >= 4 is 5.91 Å². The minimum absolute atomic E-state index is 0.0170. The summed E-state index contributed by atoms with van der Waals surface area (Å²) in [5.41, 5.74) is 4.41. The van der Waals surface area contributed by atoms with Crippen LogP contribution in [-0.4, -0.2) is 30.8 Å². The van der Waals surface area contributed by atoms with Crippen LogP contribution in [0, 0.1) is 13.8 Å². The molecule has 9 heteroatoms. The van der Waals surface area contributed by atoms with Crippen molar-refractivity contribution in [3.8, 4) is 11.3 Å². The Morgan fingerprint density at radius 3 is 2.77 bits per heavy atom. The highest BCUT2D eigenvalue weighted by Crippen LogP contribution is 2.19. The third kappa shape index (κ3) is 4.72. The van der Waals surface area contributed by atoms with E-state index in [2.05, 4.69) is 25.5 Å². The third-order valence-corrected chi connectivity index (χ3v) is 4.80. The van der Waals surface area contributed by atoms with Crippen molar-refractivity contribution in [2.45, 2.75) is 26.9 Å². The Balaban J connectivity index is 1.48. The fourth-order valence-corrected chi connectivity index (χ4v) is 2.92. The number of nitrogens with zero attached hydrogens (tertiary/aromatic N) is 5. The van der Waals surface area contributed by atoms with Crippen molar-refractivity contribution in [3.63, 3.8) is 0 Å². The number of rotatable bonds is 6. The molecule has 3 aromatic heterocycles. The lowest BCUT2D eigenvalue weighted by Crippen LogP contribution is -2.24. The first-order valence-electron chi connectivity index (χ1n) is 9.65. The molecule has 0 bridgehead atoms.